The van der Waals surface area contributed by atoms with E-state index in [4.69, 9.17) is 10.2 Å². The normalized spacial score (nSPS) is 19.8. The van der Waals surface area contributed by atoms with Gasteiger partial charge in [-0.25, -0.2) is 9.97 Å². The van der Waals surface area contributed by atoms with Gasteiger partial charge in [-0.15, -0.1) is 0 Å². The van der Waals surface area contributed by atoms with Crippen molar-refractivity contribution in [1.29, 1.82) is 0 Å². The summed E-state index contributed by atoms with van der Waals surface area (Å²) in [7, 11) is 0. The molecule has 0 spiro atoms. The van der Waals surface area contributed by atoms with Gasteiger partial charge in [0.1, 0.15) is 16.9 Å². The summed E-state index contributed by atoms with van der Waals surface area (Å²) in [5.74, 6) is 0.819. The second-order valence-electron chi connectivity index (χ2n) is 5.53. The number of aromatic nitrogens is 2. The van der Waals surface area contributed by atoms with Crippen molar-refractivity contribution >= 4 is 38.0 Å². The van der Waals surface area contributed by atoms with Crippen molar-refractivity contribution in [2.24, 2.45) is 5.73 Å². The Morgan fingerprint density at radius 1 is 1.38 bits per heavy atom. The molecule has 0 saturated carbocycles. The average Bonchev–Trinajstić information content (AvgIpc) is 3.02. The van der Waals surface area contributed by atoms with Crippen molar-refractivity contribution in [3.8, 4) is 0 Å². The molecule has 1 aliphatic rings. The zero-order chi connectivity index (χ0) is 14.4. The molecule has 2 aromatic heterocycles. The van der Waals surface area contributed by atoms with Crippen LogP contribution in [0, 0.1) is 0 Å². The van der Waals surface area contributed by atoms with Gasteiger partial charge in [-0.3, -0.25) is 4.90 Å². The fourth-order valence-corrected chi connectivity index (χ4v) is 3.21. The summed E-state index contributed by atoms with van der Waals surface area (Å²) in [5, 5.41) is 1.01. The van der Waals surface area contributed by atoms with Crippen molar-refractivity contribution < 1.29 is 4.42 Å². The van der Waals surface area contributed by atoms with E-state index in [1.54, 1.807) is 6.20 Å². The SMILES string of the molecule is N[C@@H]1CCN(Cc2ncc3oc4ccc(Br)cc4c3n2)C1. The number of nitrogens with zero attached hydrogens (tertiary/aromatic N) is 3. The van der Waals surface area contributed by atoms with Crippen LogP contribution in [0.25, 0.3) is 22.1 Å². The van der Waals surface area contributed by atoms with Crippen LogP contribution in [0.2, 0.25) is 0 Å². The van der Waals surface area contributed by atoms with Crippen LogP contribution in [0.15, 0.2) is 33.3 Å². The van der Waals surface area contributed by atoms with Crippen molar-refractivity contribution in [1.82, 2.24) is 14.9 Å². The maximum Gasteiger partial charge on any atom is 0.172 e. The minimum atomic E-state index is 0.277. The summed E-state index contributed by atoms with van der Waals surface area (Å²) in [6.07, 6.45) is 2.81. The number of rotatable bonds is 2. The molecule has 2 N–H and O–H groups in total. The predicted molar refractivity (Wildman–Crippen MR) is 84.9 cm³/mol. The molecule has 6 heteroatoms. The lowest BCUT2D eigenvalue weighted by atomic mass is 10.2. The molecular formula is C15H15BrN4O. The minimum Gasteiger partial charge on any atom is -0.453 e. The molecule has 3 heterocycles. The third-order valence-electron chi connectivity index (χ3n) is 3.90. The molecule has 0 bridgehead atoms. The number of nitrogens with two attached hydrogens (primary N) is 1. The lowest BCUT2D eigenvalue weighted by molar-refractivity contribution is 0.318. The quantitative estimate of drug-likeness (QED) is 0.772. The number of benzene rings is 1. The van der Waals surface area contributed by atoms with Crippen LogP contribution in [0.3, 0.4) is 0 Å². The summed E-state index contributed by atoms with van der Waals surface area (Å²) in [4.78, 5) is 11.4. The molecule has 5 nitrogen and oxygen atoms in total. The van der Waals surface area contributed by atoms with Gasteiger partial charge >= 0.3 is 0 Å². The van der Waals surface area contributed by atoms with Gasteiger partial charge in [0, 0.05) is 29.0 Å². The summed E-state index contributed by atoms with van der Waals surface area (Å²) in [5.41, 5.74) is 8.38. The highest BCUT2D eigenvalue weighted by Crippen LogP contribution is 2.29. The fraction of sp³-hybridized carbons (Fsp3) is 0.333. The van der Waals surface area contributed by atoms with Gasteiger partial charge in [-0.1, -0.05) is 15.9 Å². The Hall–Kier alpha value is -1.50. The van der Waals surface area contributed by atoms with Gasteiger partial charge in [-0.2, -0.15) is 0 Å². The summed E-state index contributed by atoms with van der Waals surface area (Å²) in [6.45, 7) is 2.67. The van der Waals surface area contributed by atoms with Crippen LogP contribution in [-0.4, -0.2) is 34.0 Å². The second kappa shape index (κ2) is 5.05. The Kier molecular flexibility index (Phi) is 3.17. The molecule has 0 aliphatic carbocycles. The molecule has 3 aromatic rings. The monoisotopic (exact) mass is 346 g/mol. The number of likely N-dealkylation sites (tertiary alicyclic amines) is 1. The van der Waals surface area contributed by atoms with Gasteiger partial charge < -0.3 is 10.2 Å². The third-order valence-corrected chi connectivity index (χ3v) is 4.39. The van der Waals surface area contributed by atoms with Crippen LogP contribution in [-0.2, 0) is 6.54 Å². The Labute approximate surface area is 130 Å². The van der Waals surface area contributed by atoms with E-state index in [2.05, 4.69) is 30.8 Å². The van der Waals surface area contributed by atoms with Gasteiger partial charge in [-0.05, 0) is 24.6 Å². The van der Waals surface area contributed by atoms with Crippen LogP contribution < -0.4 is 5.73 Å². The van der Waals surface area contributed by atoms with E-state index in [0.717, 1.165) is 58.4 Å². The fourth-order valence-electron chi connectivity index (χ4n) is 2.85. The number of furan rings is 1. The maximum absolute atomic E-state index is 5.94. The van der Waals surface area contributed by atoms with E-state index in [0.29, 0.717) is 0 Å². The number of fused-ring (bicyclic) bond motifs is 3. The first-order valence-corrected chi connectivity index (χ1v) is 7.80. The van der Waals surface area contributed by atoms with Crippen molar-refractivity contribution in [2.45, 2.75) is 19.0 Å². The Morgan fingerprint density at radius 3 is 3.10 bits per heavy atom. The maximum atomic E-state index is 5.94. The van der Waals surface area contributed by atoms with Crippen molar-refractivity contribution in [2.75, 3.05) is 13.1 Å². The smallest absolute Gasteiger partial charge is 0.172 e. The highest BCUT2D eigenvalue weighted by molar-refractivity contribution is 9.10. The summed E-state index contributed by atoms with van der Waals surface area (Å²) in [6, 6.07) is 6.22. The Balaban J connectivity index is 1.74. The molecule has 1 saturated heterocycles. The molecule has 0 radical (unpaired) electrons. The lowest BCUT2D eigenvalue weighted by Gasteiger charge is -2.13. The summed E-state index contributed by atoms with van der Waals surface area (Å²) < 4.78 is 6.79. The minimum absolute atomic E-state index is 0.277. The largest absolute Gasteiger partial charge is 0.453 e. The molecule has 1 atom stereocenters. The lowest BCUT2D eigenvalue weighted by Crippen LogP contribution is -2.26. The van der Waals surface area contributed by atoms with E-state index in [-0.39, 0.29) is 6.04 Å². The van der Waals surface area contributed by atoms with E-state index < -0.39 is 0 Å². The highest BCUT2D eigenvalue weighted by atomic mass is 79.9. The molecule has 1 aliphatic heterocycles. The molecule has 0 unspecified atom stereocenters. The van der Waals surface area contributed by atoms with Gasteiger partial charge in [0.05, 0.1) is 12.7 Å². The highest BCUT2D eigenvalue weighted by Gasteiger charge is 2.20. The Bertz CT molecular complexity index is 816. The van der Waals surface area contributed by atoms with E-state index in [9.17, 15) is 0 Å². The molecule has 0 amide bonds. The summed E-state index contributed by atoms with van der Waals surface area (Å²) >= 11 is 3.49. The average molecular weight is 347 g/mol. The molecular weight excluding hydrogens is 332 g/mol. The number of hydrogen-bond acceptors (Lipinski definition) is 5. The number of halogens is 1. The standard InChI is InChI=1S/C15H15BrN4O/c16-9-1-2-12-11(5-9)15-13(21-12)6-18-14(19-15)8-20-4-3-10(17)7-20/h1-2,5-6,10H,3-4,7-8,17H2/t10-/m1/s1. The third kappa shape index (κ3) is 2.43. The van der Waals surface area contributed by atoms with Crippen molar-refractivity contribution in [3.05, 3.63) is 34.7 Å². The molecule has 1 aromatic carbocycles. The van der Waals surface area contributed by atoms with Crippen LogP contribution in [0.5, 0.6) is 0 Å². The van der Waals surface area contributed by atoms with Gasteiger partial charge in [0.15, 0.2) is 5.58 Å². The molecule has 21 heavy (non-hydrogen) atoms. The Morgan fingerprint density at radius 2 is 2.29 bits per heavy atom. The van der Waals surface area contributed by atoms with Gasteiger partial charge in [0.2, 0.25) is 0 Å². The predicted octanol–water partition coefficient (Wildman–Crippen LogP) is 2.67. The van der Waals surface area contributed by atoms with Crippen LogP contribution >= 0.6 is 15.9 Å². The van der Waals surface area contributed by atoms with E-state index in [1.165, 1.54) is 0 Å². The van der Waals surface area contributed by atoms with Gasteiger partial charge in [0.25, 0.3) is 0 Å². The first-order valence-electron chi connectivity index (χ1n) is 7.01. The first-order chi connectivity index (χ1) is 10.2. The zero-order valence-electron chi connectivity index (χ0n) is 11.4. The molecule has 108 valence electrons. The first kappa shape index (κ1) is 13.2. The molecule has 4 rings (SSSR count). The van der Waals surface area contributed by atoms with E-state index >= 15 is 0 Å². The topological polar surface area (TPSA) is 68.2 Å². The van der Waals surface area contributed by atoms with Crippen LogP contribution in [0.4, 0.5) is 0 Å². The second-order valence-corrected chi connectivity index (χ2v) is 6.44. The van der Waals surface area contributed by atoms with Crippen LogP contribution in [0.1, 0.15) is 12.2 Å². The zero-order valence-corrected chi connectivity index (χ0v) is 13.0. The van der Waals surface area contributed by atoms with E-state index in [1.807, 2.05) is 18.2 Å². The molecule has 1 fully saturated rings. The number of hydrogen-bond donors (Lipinski definition) is 1. The van der Waals surface area contributed by atoms with Crippen molar-refractivity contribution in [3.63, 3.8) is 0 Å².